The molecule has 4 heteroatoms. The summed E-state index contributed by atoms with van der Waals surface area (Å²) in [6, 6.07) is 7.81. The van der Waals surface area contributed by atoms with E-state index in [4.69, 9.17) is 10.6 Å². The van der Waals surface area contributed by atoms with Crippen LogP contribution in [0.15, 0.2) is 24.3 Å². The molecule has 0 radical (unpaired) electrons. The largest absolute Gasteiger partial charge is 0.560 e. The number of rotatable bonds is 4. The Morgan fingerprint density at radius 2 is 1.80 bits per heavy atom. The zero-order chi connectivity index (χ0) is 11.4. The molecular formula is C11H19N3O. The highest BCUT2D eigenvalue weighted by molar-refractivity contribution is 5.35. The van der Waals surface area contributed by atoms with E-state index < -0.39 is 0 Å². The van der Waals surface area contributed by atoms with Gasteiger partial charge in [0.2, 0.25) is 0 Å². The Labute approximate surface area is 91.2 Å². The highest BCUT2D eigenvalue weighted by Gasteiger charge is 2.06. The molecule has 0 aliphatic rings. The van der Waals surface area contributed by atoms with Crippen LogP contribution in [0.3, 0.4) is 0 Å². The van der Waals surface area contributed by atoms with Crippen LogP contribution in [-0.2, 0) is 0 Å². The fourth-order valence-corrected chi connectivity index (χ4v) is 1.24. The average Bonchev–Trinajstić information content (AvgIpc) is 2.17. The Hall–Kier alpha value is -1.10. The van der Waals surface area contributed by atoms with Crippen LogP contribution in [-0.4, -0.2) is 25.3 Å². The first kappa shape index (κ1) is 12.0. The second-order valence-electron chi connectivity index (χ2n) is 3.84. The van der Waals surface area contributed by atoms with Gasteiger partial charge in [0, 0.05) is 19.2 Å². The van der Waals surface area contributed by atoms with Gasteiger partial charge in [-0.3, -0.25) is 0 Å². The molecule has 0 fully saturated rings. The first-order valence-electron chi connectivity index (χ1n) is 5.06. The summed E-state index contributed by atoms with van der Waals surface area (Å²) < 4.78 is 5.54. The van der Waals surface area contributed by atoms with Crippen LogP contribution in [0.1, 0.15) is 13.8 Å². The van der Waals surface area contributed by atoms with Gasteiger partial charge in [0.25, 0.3) is 0 Å². The zero-order valence-electron chi connectivity index (χ0n) is 9.74. The quantitative estimate of drug-likeness (QED) is 0.762. The lowest BCUT2D eigenvalue weighted by Gasteiger charge is -2.27. The van der Waals surface area contributed by atoms with Crippen molar-refractivity contribution >= 4 is 5.69 Å². The number of nitrogens with zero attached hydrogens (tertiary/aromatic N) is 1. The van der Waals surface area contributed by atoms with Crippen LogP contribution in [0.25, 0.3) is 5.84 Å². The predicted molar refractivity (Wildman–Crippen MR) is 60.8 cm³/mol. The van der Waals surface area contributed by atoms with Crippen molar-refractivity contribution in [2.24, 2.45) is 0 Å². The van der Waals surface area contributed by atoms with Gasteiger partial charge in [-0.1, -0.05) is 0 Å². The van der Waals surface area contributed by atoms with Gasteiger partial charge in [-0.15, -0.1) is 0 Å². The van der Waals surface area contributed by atoms with Gasteiger partial charge in [-0.2, -0.15) is 0 Å². The van der Waals surface area contributed by atoms with Crippen molar-refractivity contribution in [2.75, 3.05) is 14.1 Å². The van der Waals surface area contributed by atoms with E-state index in [2.05, 4.69) is 0 Å². The van der Waals surface area contributed by atoms with Gasteiger partial charge < -0.3 is 10.6 Å². The zero-order valence-corrected chi connectivity index (χ0v) is 9.74. The molecule has 1 unspecified atom stereocenters. The van der Waals surface area contributed by atoms with Crippen molar-refractivity contribution < 1.29 is 9.75 Å². The minimum Gasteiger partial charge on any atom is -0.560 e. The SMILES string of the molecule is CC(C)Oc1ccc([NH+](C)N(C)[NH-])cc1. The molecule has 15 heavy (non-hydrogen) atoms. The third kappa shape index (κ3) is 3.51. The molecule has 0 saturated carbocycles. The van der Waals surface area contributed by atoms with Crippen LogP contribution < -0.4 is 9.75 Å². The molecule has 0 bridgehead atoms. The summed E-state index contributed by atoms with van der Waals surface area (Å²) in [7, 11) is 3.64. The normalized spacial score (nSPS) is 13.3. The van der Waals surface area contributed by atoms with Crippen molar-refractivity contribution in [3.8, 4) is 5.75 Å². The van der Waals surface area contributed by atoms with Crippen LogP contribution in [0.2, 0.25) is 0 Å². The van der Waals surface area contributed by atoms with Gasteiger partial charge in [0.15, 0.2) is 0 Å². The molecular weight excluding hydrogens is 190 g/mol. The maximum atomic E-state index is 7.45. The van der Waals surface area contributed by atoms with Crippen molar-refractivity contribution in [1.29, 1.82) is 0 Å². The summed E-state index contributed by atoms with van der Waals surface area (Å²) >= 11 is 0. The van der Waals surface area contributed by atoms with Crippen LogP contribution in [0.4, 0.5) is 5.69 Å². The summed E-state index contributed by atoms with van der Waals surface area (Å²) in [5, 5.41) is 2.28. The molecule has 1 rings (SSSR count). The summed E-state index contributed by atoms with van der Waals surface area (Å²) in [4.78, 5) is 0. The minimum atomic E-state index is 0.194. The summed E-state index contributed by atoms with van der Waals surface area (Å²) in [6.07, 6.45) is 0.194. The second kappa shape index (κ2) is 5.11. The lowest BCUT2D eigenvalue weighted by atomic mass is 10.3. The first-order chi connectivity index (χ1) is 7.00. The summed E-state index contributed by atoms with van der Waals surface area (Å²) in [5.74, 6) is 8.32. The van der Waals surface area contributed by atoms with Gasteiger partial charge in [0.1, 0.15) is 11.4 Å². The third-order valence-corrected chi connectivity index (χ3v) is 2.15. The van der Waals surface area contributed by atoms with E-state index >= 15 is 0 Å². The molecule has 2 N–H and O–H groups in total. The smallest absolute Gasteiger partial charge is 0.149 e. The summed E-state index contributed by atoms with van der Waals surface area (Å²) in [5.41, 5.74) is 1.05. The molecule has 0 saturated heterocycles. The Bertz CT molecular complexity index is 295. The van der Waals surface area contributed by atoms with Gasteiger partial charge in [0.05, 0.1) is 13.2 Å². The molecule has 4 nitrogen and oxygen atoms in total. The number of hydrogen-bond acceptors (Lipinski definition) is 2. The molecule has 0 amide bonds. The Balaban J connectivity index is 2.72. The standard InChI is InChI=1S/C11H18N3O/c1-9(2)15-11-7-5-10(6-8-11)13(3)14(4)12/h5-9,12H,1-4H3/q-1/p+1. The lowest BCUT2D eigenvalue weighted by molar-refractivity contribution is -0.927. The maximum absolute atomic E-state index is 7.45. The molecule has 84 valence electrons. The number of nitrogens with one attached hydrogen (secondary N) is 2. The molecule has 0 spiro atoms. The van der Waals surface area contributed by atoms with Crippen molar-refractivity contribution in [2.45, 2.75) is 20.0 Å². The second-order valence-corrected chi connectivity index (χ2v) is 3.84. The van der Waals surface area contributed by atoms with Gasteiger partial charge >= 0.3 is 0 Å². The molecule has 1 aromatic carbocycles. The van der Waals surface area contributed by atoms with E-state index in [0.717, 1.165) is 16.4 Å². The monoisotopic (exact) mass is 209 g/mol. The lowest BCUT2D eigenvalue weighted by Crippen LogP contribution is -3.09. The molecule has 0 aliphatic heterocycles. The van der Waals surface area contributed by atoms with E-state index in [-0.39, 0.29) is 6.10 Å². The highest BCUT2D eigenvalue weighted by Crippen LogP contribution is 2.14. The van der Waals surface area contributed by atoms with Crippen LogP contribution in [0, 0.1) is 0 Å². The first-order valence-corrected chi connectivity index (χ1v) is 5.06. The molecule has 0 aromatic heterocycles. The molecule has 0 heterocycles. The fraction of sp³-hybridized carbons (Fsp3) is 0.455. The Morgan fingerprint density at radius 3 is 2.20 bits per heavy atom. The molecule has 1 atom stereocenters. The van der Waals surface area contributed by atoms with Gasteiger partial charge in [-0.05, 0) is 26.0 Å². The van der Waals surface area contributed by atoms with Crippen molar-refractivity contribution in [3.05, 3.63) is 30.1 Å². The van der Waals surface area contributed by atoms with Gasteiger partial charge in [-0.25, -0.2) is 10.1 Å². The third-order valence-electron chi connectivity index (χ3n) is 2.15. The number of benzene rings is 1. The fourth-order valence-electron chi connectivity index (χ4n) is 1.24. The Morgan fingerprint density at radius 1 is 1.27 bits per heavy atom. The molecule has 1 aromatic rings. The maximum Gasteiger partial charge on any atom is 0.149 e. The minimum absolute atomic E-state index is 0.194. The summed E-state index contributed by atoms with van der Waals surface area (Å²) in [6.45, 7) is 4.01. The number of quaternary nitrogens is 1. The Kier molecular flexibility index (Phi) is 4.08. The van der Waals surface area contributed by atoms with E-state index in [0.29, 0.717) is 0 Å². The molecule has 0 aliphatic carbocycles. The van der Waals surface area contributed by atoms with E-state index in [1.807, 2.05) is 45.2 Å². The number of hydrogen-bond donors (Lipinski definition) is 1. The van der Waals surface area contributed by atoms with E-state index in [1.54, 1.807) is 7.05 Å². The van der Waals surface area contributed by atoms with Crippen molar-refractivity contribution in [3.63, 3.8) is 0 Å². The number of ether oxygens (including phenoxy) is 1. The van der Waals surface area contributed by atoms with Crippen LogP contribution in [0.5, 0.6) is 5.75 Å². The topological polar surface area (TPSA) is 40.7 Å². The predicted octanol–water partition coefficient (Wildman–Crippen LogP) is 1.43. The van der Waals surface area contributed by atoms with E-state index in [9.17, 15) is 0 Å². The highest BCUT2D eigenvalue weighted by atomic mass is 16.5. The average molecular weight is 209 g/mol. The van der Waals surface area contributed by atoms with Crippen LogP contribution >= 0.6 is 0 Å². The van der Waals surface area contributed by atoms with Crippen molar-refractivity contribution in [1.82, 2.24) is 5.12 Å². The van der Waals surface area contributed by atoms with E-state index in [1.165, 1.54) is 5.12 Å².